The van der Waals surface area contributed by atoms with Gasteiger partial charge < -0.3 is 5.11 Å². The third kappa shape index (κ3) is 2.96. The summed E-state index contributed by atoms with van der Waals surface area (Å²) in [5, 5.41) is 8.96. The minimum absolute atomic E-state index is 0.0834. The molecule has 0 radical (unpaired) electrons. The molecule has 0 spiro atoms. The van der Waals surface area contributed by atoms with Crippen LogP contribution in [0.1, 0.15) is 29.6 Å². The van der Waals surface area contributed by atoms with Crippen LogP contribution in [0.4, 0.5) is 0 Å². The number of rotatable bonds is 5. The maximum Gasteiger partial charge on any atom is 0.305 e. The first-order chi connectivity index (χ1) is 8.68. The topological polar surface area (TPSA) is 57.6 Å². The highest BCUT2D eigenvalue weighted by Gasteiger charge is 2.30. The fraction of sp³-hybridized carbons (Fsp3) is 0.429. The van der Waals surface area contributed by atoms with Crippen molar-refractivity contribution in [3.05, 3.63) is 35.9 Å². The Balaban J connectivity index is 2.17. The second-order valence-electron chi connectivity index (χ2n) is 4.59. The van der Waals surface area contributed by atoms with E-state index in [4.69, 9.17) is 5.11 Å². The van der Waals surface area contributed by atoms with Crippen molar-refractivity contribution < 1.29 is 14.7 Å². The molecule has 1 aromatic rings. The number of hydrogen-bond acceptors (Lipinski definition) is 3. The molecule has 4 heteroatoms. The highest BCUT2D eigenvalue weighted by Crippen LogP contribution is 2.18. The van der Waals surface area contributed by atoms with Gasteiger partial charge >= 0.3 is 5.97 Å². The Kier molecular flexibility index (Phi) is 4.10. The van der Waals surface area contributed by atoms with Crippen molar-refractivity contribution in [1.29, 1.82) is 0 Å². The number of carbonyl (C=O) groups is 2. The van der Waals surface area contributed by atoms with E-state index in [1.165, 1.54) is 0 Å². The molecule has 0 aromatic heterocycles. The lowest BCUT2D eigenvalue weighted by Gasteiger charge is -2.24. The molecule has 0 bridgehead atoms. The summed E-state index contributed by atoms with van der Waals surface area (Å²) in [6.45, 7) is 1.63. The molecule has 1 unspecified atom stereocenters. The molecular weight excluding hydrogens is 230 g/mol. The first-order valence-corrected chi connectivity index (χ1v) is 6.23. The fourth-order valence-electron chi connectivity index (χ4n) is 2.40. The van der Waals surface area contributed by atoms with Gasteiger partial charge in [-0.1, -0.05) is 30.3 Å². The summed E-state index contributed by atoms with van der Waals surface area (Å²) in [5.41, 5.74) is 0.593. The average Bonchev–Trinajstić information content (AvgIpc) is 2.89. The van der Waals surface area contributed by atoms with E-state index >= 15 is 0 Å². The van der Waals surface area contributed by atoms with Crippen molar-refractivity contribution >= 4 is 11.8 Å². The zero-order chi connectivity index (χ0) is 13.0. The summed E-state index contributed by atoms with van der Waals surface area (Å²) < 4.78 is 0. The summed E-state index contributed by atoms with van der Waals surface area (Å²) in [6.07, 6.45) is 1.96. The number of benzene rings is 1. The highest BCUT2D eigenvalue weighted by molar-refractivity contribution is 6.01. The van der Waals surface area contributed by atoms with Crippen molar-refractivity contribution in [1.82, 2.24) is 4.90 Å². The summed E-state index contributed by atoms with van der Waals surface area (Å²) in [4.78, 5) is 25.3. The van der Waals surface area contributed by atoms with Crippen LogP contribution in [0, 0.1) is 0 Å². The number of carbonyl (C=O) groups excluding carboxylic acids is 1. The van der Waals surface area contributed by atoms with Crippen molar-refractivity contribution in [2.45, 2.75) is 25.3 Å². The van der Waals surface area contributed by atoms with Crippen LogP contribution in [0.25, 0.3) is 0 Å². The average molecular weight is 247 g/mol. The smallest absolute Gasteiger partial charge is 0.305 e. The molecule has 1 aliphatic heterocycles. The zero-order valence-corrected chi connectivity index (χ0v) is 10.2. The van der Waals surface area contributed by atoms with Gasteiger partial charge in [0.25, 0.3) is 0 Å². The van der Waals surface area contributed by atoms with Crippen LogP contribution >= 0.6 is 0 Å². The van der Waals surface area contributed by atoms with Gasteiger partial charge in [0.05, 0.1) is 12.5 Å². The SMILES string of the molecule is O=C(O)CC(C(=O)c1ccccc1)N1CCCC1. The van der Waals surface area contributed by atoms with Crippen LogP contribution in [-0.2, 0) is 4.79 Å². The van der Waals surface area contributed by atoms with Crippen LogP contribution in [0.2, 0.25) is 0 Å². The van der Waals surface area contributed by atoms with Crippen LogP contribution < -0.4 is 0 Å². The molecule has 96 valence electrons. The highest BCUT2D eigenvalue weighted by atomic mass is 16.4. The standard InChI is InChI=1S/C14H17NO3/c16-13(17)10-12(15-8-4-5-9-15)14(18)11-6-2-1-3-7-11/h1-3,6-7,12H,4-5,8-10H2,(H,16,17). The molecule has 0 saturated carbocycles. The van der Waals surface area contributed by atoms with Gasteiger partial charge in [0, 0.05) is 5.56 Å². The summed E-state index contributed by atoms with van der Waals surface area (Å²) in [6, 6.07) is 8.41. The largest absolute Gasteiger partial charge is 0.481 e. The van der Waals surface area contributed by atoms with Crippen LogP contribution in [-0.4, -0.2) is 40.9 Å². The third-order valence-electron chi connectivity index (χ3n) is 3.31. The number of ketones is 1. The van der Waals surface area contributed by atoms with E-state index in [1.54, 1.807) is 24.3 Å². The number of carboxylic acids is 1. The normalized spacial score (nSPS) is 17.6. The van der Waals surface area contributed by atoms with Gasteiger partial charge in [0.2, 0.25) is 0 Å². The van der Waals surface area contributed by atoms with E-state index in [1.807, 2.05) is 11.0 Å². The maximum absolute atomic E-state index is 12.4. The Hall–Kier alpha value is -1.68. The predicted octanol–water partition coefficient (Wildman–Crippen LogP) is 1.81. The number of carboxylic acid groups (broad SMARTS) is 1. The Bertz CT molecular complexity index is 424. The predicted molar refractivity (Wildman–Crippen MR) is 67.6 cm³/mol. The lowest BCUT2D eigenvalue weighted by Crippen LogP contribution is -2.41. The van der Waals surface area contributed by atoms with E-state index in [9.17, 15) is 9.59 Å². The van der Waals surface area contributed by atoms with Crippen molar-refractivity contribution in [2.75, 3.05) is 13.1 Å². The molecule has 1 aromatic carbocycles. The Morgan fingerprint density at radius 1 is 1.17 bits per heavy atom. The van der Waals surface area contributed by atoms with Gasteiger partial charge in [0.15, 0.2) is 5.78 Å². The minimum Gasteiger partial charge on any atom is -0.481 e. The Labute approximate surface area is 106 Å². The number of hydrogen-bond donors (Lipinski definition) is 1. The van der Waals surface area contributed by atoms with Crippen LogP contribution in [0.15, 0.2) is 30.3 Å². The monoisotopic (exact) mass is 247 g/mol. The lowest BCUT2D eigenvalue weighted by atomic mass is 10.0. The molecule has 0 aliphatic carbocycles. The maximum atomic E-state index is 12.4. The van der Waals surface area contributed by atoms with Crippen LogP contribution in [0.5, 0.6) is 0 Å². The molecule has 1 atom stereocenters. The van der Waals surface area contributed by atoms with E-state index in [0.29, 0.717) is 5.56 Å². The van der Waals surface area contributed by atoms with Gasteiger partial charge in [-0.25, -0.2) is 0 Å². The molecule has 1 aliphatic rings. The molecule has 4 nitrogen and oxygen atoms in total. The number of nitrogens with zero attached hydrogens (tertiary/aromatic N) is 1. The van der Waals surface area contributed by atoms with E-state index < -0.39 is 12.0 Å². The summed E-state index contributed by atoms with van der Waals surface area (Å²) >= 11 is 0. The second-order valence-corrected chi connectivity index (χ2v) is 4.59. The zero-order valence-electron chi connectivity index (χ0n) is 10.2. The summed E-state index contributed by atoms with van der Waals surface area (Å²) in [5.74, 6) is -1.00. The van der Waals surface area contributed by atoms with E-state index in [-0.39, 0.29) is 12.2 Å². The molecule has 1 fully saturated rings. The Morgan fingerprint density at radius 2 is 1.78 bits per heavy atom. The first-order valence-electron chi connectivity index (χ1n) is 6.23. The summed E-state index contributed by atoms with van der Waals surface area (Å²) in [7, 11) is 0. The van der Waals surface area contributed by atoms with Crippen molar-refractivity contribution in [2.24, 2.45) is 0 Å². The molecule has 1 saturated heterocycles. The number of aliphatic carboxylic acids is 1. The van der Waals surface area contributed by atoms with Gasteiger partial charge in [-0.3, -0.25) is 14.5 Å². The first kappa shape index (κ1) is 12.8. The molecule has 2 rings (SSSR count). The second kappa shape index (κ2) is 5.78. The van der Waals surface area contributed by atoms with Gasteiger partial charge in [-0.2, -0.15) is 0 Å². The van der Waals surface area contributed by atoms with Gasteiger partial charge in [0.1, 0.15) is 0 Å². The van der Waals surface area contributed by atoms with Crippen molar-refractivity contribution in [3.63, 3.8) is 0 Å². The van der Waals surface area contributed by atoms with Crippen LogP contribution in [0.3, 0.4) is 0 Å². The molecule has 0 amide bonds. The lowest BCUT2D eigenvalue weighted by molar-refractivity contribution is -0.138. The molecule has 1 N–H and O–H groups in total. The Morgan fingerprint density at radius 3 is 2.33 bits per heavy atom. The number of likely N-dealkylation sites (tertiary alicyclic amines) is 1. The molecular formula is C14H17NO3. The molecule has 1 heterocycles. The quantitative estimate of drug-likeness (QED) is 0.806. The van der Waals surface area contributed by atoms with Gasteiger partial charge in [-0.15, -0.1) is 0 Å². The van der Waals surface area contributed by atoms with Gasteiger partial charge in [-0.05, 0) is 25.9 Å². The minimum atomic E-state index is -0.920. The molecule has 18 heavy (non-hydrogen) atoms. The van der Waals surface area contributed by atoms with E-state index in [2.05, 4.69) is 0 Å². The van der Waals surface area contributed by atoms with Crippen molar-refractivity contribution in [3.8, 4) is 0 Å². The van der Waals surface area contributed by atoms with E-state index in [0.717, 1.165) is 25.9 Å². The fourth-order valence-corrected chi connectivity index (χ4v) is 2.40. The third-order valence-corrected chi connectivity index (χ3v) is 3.31. The number of Topliss-reactive ketones (excluding diaryl/α,β-unsaturated/α-hetero) is 1.